The number of hydrogen-bond acceptors (Lipinski definition) is 5. The van der Waals surface area contributed by atoms with Gasteiger partial charge in [-0.05, 0) is 29.8 Å². The maximum atomic E-state index is 13.2. The number of nitrogens with zero attached hydrogens (tertiary/aromatic N) is 2. The summed E-state index contributed by atoms with van der Waals surface area (Å²) >= 11 is 0. The van der Waals surface area contributed by atoms with E-state index in [1.165, 1.54) is 16.7 Å². The molecule has 152 valence electrons. The van der Waals surface area contributed by atoms with E-state index < -0.39 is 23.6 Å². The van der Waals surface area contributed by atoms with Gasteiger partial charge in [0.15, 0.2) is 0 Å². The summed E-state index contributed by atoms with van der Waals surface area (Å²) in [5.74, 6) is -1.25. The minimum atomic E-state index is -4.83. The highest BCUT2D eigenvalue weighted by Gasteiger charge is 2.36. The standard InChI is InChI=1S/C21H14F3N3O3/c1-27-15-5-3-2-4-13(15)18-17(20(27)28)16(14(10-25)19(26)29-18)11-6-8-12(9-7-11)30-21(22,23)24/h2-9,16H,26H2,1H3/t16-/m0/s1. The number of aryl methyl sites for hydroxylation is 1. The fraction of sp³-hybridized carbons (Fsp3) is 0.143. The number of hydrogen-bond donors (Lipinski definition) is 1. The van der Waals surface area contributed by atoms with Crippen LogP contribution in [0.1, 0.15) is 17.0 Å². The Hall–Kier alpha value is -3.93. The van der Waals surface area contributed by atoms with E-state index in [4.69, 9.17) is 10.5 Å². The molecule has 0 radical (unpaired) electrons. The van der Waals surface area contributed by atoms with Crippen LogP contribution in [0, 0.1) is 11.3 Å². The number of aromatic nitrogens is 1. The molecule has 30 heavy (non-hydrogen) atoms. The number of fused-ring (bicyclic) bond motifs is 3. The molecule has 9 heteroatoms. The van der Waals surface area contributed by atoms with Gasteiger partial charge in [-0.25, -0.2) is 0 Å². The van der Waals surface area contributed by atoms with Crippen molar-refractivity contribution in [1.29, 1.82) is 5.26 Å². The lowest BCUT2D eigenvalue weighted by Gasteiger charge is -2.27. The SMILES string of the molecule is Cn1c(=O)c2c(c3ccccc31)OC(N)=C(C#N)[C@@H]2c1ccc(OC(F)(F)F)cc1. The van der Waals surface area contributed by atoms with Gasteiger partial charge >= 0.3 is 6.36 Å². The number of rotatable bonds is 2. The van der Waals surface area contributed by atoms with Crippen molar-refractivity contribution in [1.82, 2.24) is 4.57 Å². The molecule has 2 N–H and O–H groups in total. The lowest BCUT2D eigenvalue weighted by atomic mass is 9.83. The summed E-state index contributed by atoms with van der Waals surface area (Å²) in [5.41, 5.74) is 6.78. The Balaban J connectivity index is 1.95. The van der Waals surface area contributed by atoms with Crippen LogP contribution in [-0.2, 0) is 7.05 Å². The largest absolute Gasteiger partial charge is 0.573 e. The molecule has 2 aromatic carbocycles. The van der Waals surface area contributed by atoms with Crippen LogP contribution in [0.15, 0.2) is 64.8 Å². The van der Waals surface area contributed by atoms with Crippen LogP contribution in [0.2, 0.25) is 0 Å². The minimum Gasteiger partial charge on any atom is -0.439 e. The Labute approximate surface area is 168 Å². The fourth-order valence-corrected chi connectivity index (χ4v) is 3.62. The quantitative estimate of drug-likeness (QED) is 0.693. The molecule has 1 aromatic heterocycles. The van der Waals surface area contributed by atoms with Gasteiger partial charge in [0.25, 0.3) is 5.56 Å². The van der Waals surface area contributed by atoms with Crippen LogP contribution in [-0.4, -0.2) is 10.9 Å². The summed E-state index contributed by atoms with van der Waals surface area (Å²) in [7, 11) is 1.59. The molecule has 0 unspecified atom stereocenters. The maximum Gasteiger partial charge on any atom is 0.573 e. The predicted octanol–water partition coefficient (Wildman–Crippen LogP) is 3.66. The Kier molecular flexibility index (Phi) is 4.42. The Morgan fingerprint density at radius 2 is 1.83 bits per heavy atom. The van der Waals surface area contributed by atoms with E-state index in [0.29, 0.717) is 16.5 Å². The van der Waals surface area contributed by atoms with E-state index in [0.717, 1.165) is 12.1 Å². The number of nitrogens with two attached hydrogens (primary N) is 1. The van der Waals surface area contributed by atoms with Crippen molar-refractivity contribution in [2.75, 3.05) is 0 Å². The summed E-state index contributed by atoms with van der Waals surface area (Å²) < 4.78 is 48.4. The first kappa shape index (κ1) is 19.4. The average Bonchev–Trinajstić information content (AvgIpc) is 2.70. The minimum absolute atomic E-state index is 0.000583. The third-order valence-corrected chi connectivity index (χ3v) is 4.91. The number of nitriles is 1. The zero-order valence-electron chi connectivity index (χ0n) is 15.5. The topological polar surface area (TPSA) is 90.3 Å². The summed E-state index contributed by atoms with van der Waals surface area (Å²) in [6, 6.07) is 14.0. The second-order valence-electron chi connectivity index (χ2n) is 6.67. The third-order valence-electron chi connectivity index (χ3n) is 4.91. The van der Waals surface area contributed by atoms with Crippen molar-refractivity contribution in [3.8, 4) is 17.6 Å². The molecule has 0 saturated heterocycles. The average molecular weight is 413 g/mol. The normalized spacial score (nSPS) is 16.0. The summed E-state index contributed by atoms with van der Waals surface area (Å²) in [6.07, 6.45) is -4.83. The fourth-order valence-electron chi connectivity index (χ4n) is 3.62. The van der Waals surface area contributed by atoms with Crippen molar-refractivity contribution in [2.24, 2.45) is 12.8 Å². The second-order valence-corrected chi connectivity index (χ2v) is 6.67. The molecule has 1 aliphatic rings. The van der Waals surface area contributed by atoms with Crippen molar-refractivity contribution in [3.63, 3.8) is 0 Å². The van der Waals surface area contributed by atoms with E-state index in [1.807, 2.05) is 6.07 Å². The molecule has 0 fully saturated rings. The second kappa shape index (κ2) is 6.84. The van der Waals surface area contributed by atoms with E-state index in [2.05, 4.69) is 4.74 Å². The van der Waals surface area contributed by atoms with Gasteiger partial charge in [0.1, 0.15) is 23.1 Å². The van der Waals surface area contributed by atoms with Gasteiger partial charge in [-0.1, -0.05) is 24.3 Å². The van der Waals surface area contributed by atoms with Gasteiger partial charge in [0.2, 0.25) is 5.88 Å². The number of pyridine rings is 1. The molecule has 0 bridgehead atoms. The number of halogens is 3. The van der Waals surface area contributed by atoms with Gasteiger partial charge < -0.3 is 19.8 Å². The molecule has 4 rings (SSSR count). The van der Waals surface area contributed by atoms with Gasteiger partial charge in [-0.15, -0.1) is 13.2 Å². The lowest BCUT2D eigenvalue weighted by Crippen LogP contribution is -2.31. The summed E-state index contributed by atoms with van der Waals surface area (Å²) in [5, 5.41) is 10.3. The highest BCUT2D eigenvalue weighted by molar-refractivity contribution is 5.88. The molecule has 0 saturated carbocycles. The molecule has 1 atom stereocenters. The number of ether oxygens (including phenoxy) is 2. The lowest BCUT2D eigenvalue weighted by molar-refractivity contribution is -0.274. The highest BCUT2D eigenvalue weighted by Crippen LogP contribution is 2.43. The molecule has 0 spiro atoms. The smallest absolute Gasteiger partial charge is 0.439 e. The van der Waals surface area contributed by atoms with Crippen LogP contribution in [0.4, 0.5) is 13.2 Å². The van der Waals surface area contributed by atoms with E-state index in [9.17, 15) is 23.2 Å². The number of allylic oxidation sites excluding steroid dienone is 1. The first-order valence-corrected chi connectivity index (χ1v) is 8.76. The van der Waals surface area contributed by atoms with Crippen LogP contribution in [0.3, 0.4) is 0 Å². The molecule has 3 aromatic rings. The van der Waals surface area contributed by atoms with Crippen molar-refractivity contribution in [3.05, 3.63) is 81.5 Å². The van der Waals surface area contributed by atoms with Crippen molar-refractivity contribution < 1.29 is 22.6 Å². The Morgan fingerprint density at radius 1 is 1.17 bits per heavy atom. The zero-order valence-corrected chi connectivity index (χ0v) is 15.5. The highest BCUT2D eigenvalue weighted by atomic mass is 19.4. The first-order chi connectivity index (χ1) is 14.2. The zero-order chi connectivity index (χ0) is 21.6. The molecular formula is C21H14F3N3O3. The maximum absolute atomic E-state index is 13.2. The molecule has 1 aliphatic heterocycles. The van der Waals surface area contributed by atoms with Gasteiger partial charge in [-0.2, -0.15) is 5.26 Å². The Morgan fingerprint density at radius 3 is 2.47 bits per heavy atom. The van der Waals surface area contributed by atoms with Crippen molar-refractivity contribution >= 4 is 10.9 Å². The molecular weight excluding hydrogens is 399 g/mol. The van der Waals surface area contributed by atoms with Crippen molar-refractivity contribution in [2.45, 2.75) is 12.3 Å². The predicted molar refractivity (Wildman–Crippen MR) is 102 cm³/mol. The van der Waals surface area contributed by atoms with Crippen LogP contribution in [0.25, 0.3) is 10.9 Å². The Bertz CT molecular complexity index is 1290. The van der Waals surface area contributed by atoms with Gasteiger partial charge in [0, 0.05) is 12.4 Å². The molecule has 0 amide bonds. The molecule has 6 nitrogen and oxygen atoms in total. The monoisotopic (exact) mass is 413 g/mol. The number of benzene rings is 2. The summed E-state index contributed by atoms with van der Waals surface area (Å²) in [4.78, 5) is 13.2. The van der Waals surface area contributed by atoms with E-state index >= 15 is 0 Å². The number of para-hydroxylation sites is 1. The number of alkyl halides is 3. The third kappa shape index (κ3) is 3.12. The van der Waals surface area contributed by atoms with Crippen LogP contribution < -0.4 is 20.8 Å². The van der Waals surface area contributed by atoms with Gasteiger partial charge in [-0.3, -0.25) is 4.79 Å². The summed E-state index contributed by atoms with van der Waals surface area (Å²) in [6.45, 7) is 0. The van der Waals surface area contributed by atoms with Crippen LogP contribution in [0.5, 0.6) is 11.5 Å². The molecule has 2 heterocycles. The van der Waals surface area contributed by atoms with Crippen LogP contribution >= 0.6 is 0 Å². The molecule has 0 aliphatic carbocycles. The van der Waals surface area contributed by atoms with Gasteiger partial charge in [0.05, 0.1) is 17.0 Å². The van der Waals surface area contributed by atoms with E-state index in [1.54, 1.807) is 31.3 Å². The van der Waals surface area contributed by atoms with E-state index in [-0.39, 0.29) is 22.8 Å². The first-order valence-electron chi connectivity index (χ1n) is 8.76.